The molecule has 7 nitrogen and oxygen atoms in total. The Bertz CT molecular complexity index is 376. The molecule has 2 fully saturated rings. The minimum atomic E-state index is -3.27. The van der Waals surface area contributed by atoms with Crippen LogP contribution in [0, 0.1) is 0 Å². The van der Waals surface area contributed by atoms with Gasteiger partial charge in [-0.15, -0.1) is 0 Å². The van der Waals surface area contributed by atoms with Gasteiger partial charge in [0.05, 0.1) is 0 Å². The summed E-state index contributed by atoms with van der Waals surface area (Å²) in [4.78, 5) is 10.5. The van der Waals surface area contributed by atoms with Crippen molar-refractivity contribution in [1.82, 2.24) is 0 Å². The molecule has 0 saturated carbocycles. The van der Waals surface area contributed by atoms with Gasteiger partial charge < -0.3 is 0 Å². The molecule has 2 saturated heterocycles. The van der Waals surface area contributed by atoms with Crippen LogP contribution in [0.4, 0.5) is 0 Å². The van der Waals surface area contributed by atoms with Gasteiger partial charge in [-0.25, -0.2) is 0 Å². The molecule has 2 aliphatic heterocycles. The van der Waals surface area contributed by atoms with Crippen molar-refractivity contribution < 1.29 is 32.9 Å². The number of methoxy groups -OCH3 is 2. The second-order valence-corrected chi connectivity index (χ2v) is 8.86. The molecule has 1 N–H and O–H groups in total. The Morgan fingerprint density at radius 3 is 2.17 bits per heavy atom. The van der Waals surface area contributed by atoms with E-state index in [2.05, 4.69) is 0 Å². The van der Waals surface area contributed by atoms with Gasteiger partial charge in [-0.3, -0.25) is 0 Å². The second kappa shape index (κ2) is 8.59. The van der Waals surface area contributed by atoms with Gasteiger partial charge in [0.25, 0.3) is 0 Å². The average Bonchev–Trinajstić information content (AvgIpc) is 2.99. The van der Waals surface area contributed by atoms with Crippen LogP contribution in [0.15, 0.2) is 0 Å². The third kappa shape index (κ3) is 5.65. The summed E-state index contributed by atoms with van der Waals surface area (Å²) in [7, 11) is 4.01. The van der Waals surface area contributed by atoms with Crippen molar-refractivity contribution in [3.05, 3.63) is 0 Å². The summed E-state index contributed by atoms with van der Waals surface area (Å²) in [6.45, 7) is 2.33. The first kappa shape index (κ1) is 19.6. The van der Waals surface area contributed by atoms with Crippen LogP contribution in [-0.2, 0) is 28.0 Å². The zero-order valence-electron chi connectivity index (χ0n) is 14.7. The van der Waals surface area contributed by atoms with Crippen LogP contribution in [0.1, 0.15) is 12.8 Å². The molecule has 2 rings (SSSR count). The Balaban J connectivity index is 1.84. The van der Waals surface area contributed by atoms with Crippen molar-refractivity contribution in [3.8, 4) is 0 Å². The van der Waals surface area contributed by atoms with E-state index in [1.54, 1.807) is 20.9 Å². The number of hydrogen-bond acceptors (Lipinski definition) is 7. The van der Waals surface area contributed by atoms with Gasteiger partial charge in [-0.2, -0.15) is 0 Å². The molecule has 0 amide bonds. The molecule has 0 aromatic rings. The van der Waals surface area contributed by atoms with Gasteiger partial charge in [-0.05, 0) is 0 Å². The van der Waals surface area contributed by atoms with Crippen LogP contribution in [0.2, 0.25) is 0 Å². The zero-order valence-corrected chi connectivity index (χ0v) is 15.7. The normalized spacial score (nSPS) is 39.0. The second-order valence-electron chi connectivity index (χ2n) is 6.54. The number of hydrogen-bond donors (Lipinski definition) is 1. The van der Waals surface area contributed by atoms with Crippen molar-refractivity contribution in [2.45, 2.75) is 49.3 Å². The van der Waals surface area contributed by atoms with E-state index in [0.717, 1.165) is 12.8 Å². The van der Waals surface area contributed by atoms with Crippen LogP contribution >= 0.6 is 7.94 Å². The summed E-state index contributed by atoms with van der Waals surface area (Å²) in [5, 5.41) is 0. The summed E-state index contributed by atoms with van der Waals surface area (Å²) in [5.41, 5.74) is 0. The molecule has 0 aliphatic carbocycles. The summed E-state index contributed by atoms with van der Waals surface area (Å²) in [6.07, 6.45) is 0.981. The van der Waals surface area contributed by atoms with Crippen LogP contribution in [0.3, 0.4) is 0 Å². The van der Waals surface area contributed by atoms with E-state index in [1.165, 1.54) is 0 Å². The van der Waals surface area contributed by atoms with Crippen molar-refractivity contribution in [3.63, 3.8) is 0 Å². The molecule has 6 atom stereocenters. The molecule has 0 radical (unpaired) electrons. The van der Waals surface area contributed by atoms with Gasteiger partial charge in [-0.1, -0.05) is 0 Å². The number of rotatable bonds is 8. The van der Waals surface area contributed by atoms with Gasteiger partial charge in [0.1, 0.15) is 0 Å². The molecule has 10 heteroatoms. The van der Waals surface area contributed by atoms with Gasteiger partial charge in [0.2, 0.25) is 0 Å². The third-order valence-corrected chi connectivity index (χ3v) is 5.73. The Hall–Kier alpha value is 0.280. The molecule has 2 aliphatic rings. The summed E-state index contributed by atoms with van der Waals surface area (Å²) in [5.74, 6) is 0. The minimum absolute atomic E-state index is 0.00845. The third-order valence-electron chi connectivity index (χ3n) is 4.29. The Kier molecular flexibility index (Phi) is 7.32. The number of ether oxygens (including phenoxy) is 4. The molecule has 134 valence electrons. The fraction of sp³-hybridized carbons (Fsp3) is 1.00. The monoisotopic (exact) mass is 350 g/mol. The maximum atomic E-state index is 10.5. The molecular weight excluding hydrogens is 321 g/mol. The van der Waals surface area contributed by atoms with E-state index in [-0.39, 0.29) is 43.0 Å². The van der Waals surface area contributed by atoms with Gasteiger partial charge in [0.15, 0.2) is 0 Å². The zero-order chi connectivity index (χ0) is 17.0. The predicted molar refractivity (Wildman–Crippen MR) is 93.6 cm³/mol. The van der Waals surface area contributed by atoms with Crippen LogP contribution in [-0.4, -0.2) is 91.1 Å². The van der Waals surface area contributed by atoms with Crippen molar-refractivity contribution >= 4 is 23.6 Å². The van der Waals surface area contributed by atoms with E-state index in [9.17, 15) is 4.89 Å². The Morgan fingerprint density at radius 1 is 1.04 bits per heavy atom. The topological polar surface area (TPSA) is 75.6 Å². The van der Waals surface area contributed by atoms with E-state index in [4.69, 9.17) is 28.0 Å². The first-order valence-electron chi connectivity index (χ1n) is 8.21. The van der Waals surface area contributed by atoms with Crippen LogP contribution < -0.4 is 0 Å². The van der Waals surface area contributed by atoms with Gasteiger partial charge in [0, 0.05) is 0 Å². The predicted octanol–water partition coefficient (Wildman–Crippen LogP) is -1.34. The van der Waals surface area contributed by atoms with Crippen molar-refractivity contribution in [2.75, 3.05) is 34.1 Å². The molecule has 0 spiro atoms. The quantitative estimate of drug-likeness (QED) is 0.429. The SMILES string of the molecule is BC1CC(OC)C(CO[PH](C)(O)OC2CC(B)OC2COC)O1. The summed E-state index contributed by atoms with van der Waals surface area (Å²) >= 11 is 0. The van der Waals surface area contributed by atoms with E-state index in [0.29, 0.717) is 6.61 Å². The van der Waals surface area contributed by atoms with E-state index < -0.39 is 7.94 Å². The molecule has 6 unspecified atom stereocenters. The average molecular weight is 350 g/mol. The molecule has 0 aromatic heterocycles. The summed E-state index contributed by atoms with van der Waals surface area (Å²) in [6, 6.07) is 0.220. The van der Waals surface area contributed by atoms with E-state index in [1.807, 2.05) is 15.7 Å². The summed E-state index contributed by atoms with van der Waals surface area (Å²) < 4.78 is 33.6. The molecule has 2 heterocycles. The first-order chi connectivity index (χ1) is 10.8. The van der Waals surface area contributed by atoms with Gasteiger partial charge >= 0.3 is 140 Å². The molecule has 23 heavy (non-hydrogen) atoms. The fourth-order valence-electron chi connectivity index (χ4n) is 3.22. The standard InChI is InChI=1S/C13H29B2O7P/c1-17-6-10-9(5-13(15)20-10)22-23(3,16)19-7-11-8(18-2)4-12(14)21-11/h8-13,16,23H,4-7,14-15H2,1-3H3. The molecule has 0 aromatic carbocycles. The molecular formula is C13H29B2O7P. The van der Waals surface area contributed by atoms with Crippen LogP contribution in [0.25, 0.3) is 0 Å². The van der Waals surface area contributed by atoms with Crippen molar-refractivity contribution in [2.24, 2.45) is 0 Å². The molecule has 0 bridgehead atoms. The Labute approximate surface area is 140 Å². The van der Waals surface area contributed by atoms with E-state index >= 15 is 0 Å². The van der Waals surface area contributed by atoms with Crippen LogP contribution in [0.5, 0.6) is 0 Å². The van der Waals surface area contributed by atoms with Crippen molar-refractivity contribution in [1.29, 1.82) is 0 Å². The Morgan fingerprint density at radius 2 is 1.61 bits per heavy atom. The maximum absolute atomic E-state index is 10.5. The first-order valence-corrected chi connectivity index (χ1v) is 10.5. The fourth-order valence-corrected chi connectivity index (χ4v) is 4.57.